The van der Waals surface area contributed by atoms with Gasteiger partial charge >= 0.3 is 0 Å². The predicted molar refractivity (Wildman–Crippen MR) is 39.7 cm³/mol. The van der Waals surface area contributed by atoms with E-state index in [0.717, 1.165) is 8.58 Å². The summed E-state index contributed by atoms with van der Waals surface area (Å²) in [5, 5.41) is 0.569. The molecule has 0 saturated heterocycles. The summed E-state index contributed by atoms with van der Waals surface area (Å²) >= 11 is 0. The van der Waals surface area contributed by atoms with E-state index in [4.69, 9.17) is 0 Å². The van der Waals surface area contributed by atoms with Crippen LogP contribution in [0, 0.1) is 0 Å². The van der Waals surface area contributed by atoms with Crippen molar-refractivity contribution in [3.8, 4) is 0 Å². The highest BCUT2D eigenvalue weighted by Gasteiger charge is 2.03. The van der Waals surface area contributed by atoms with Crippen LogP contribution < -0.4 is 0 Å². The van der Waals surface area contributed by atoms with Gasteiger partial charge in [-0.05, 0) is 11.8 Å². The molecule has 0 N–H and O–H groups in total. The predicted octanol–water partition coefficient (Wildman–Crippen LogP) is 1.71. The van der Waals surface area contributed by atoms with Gasteiger partial charge in [0, 0.05) is 8.41 Å². The molecular formula is C5H13BP. The van der Waals surface area contributed by atoms with Gasteiger partial charge in [-0.3, -0.25) is 0 Å². The first-order valence-electron chi connectivity index (χ1n) is 2.25. The van der Waals surface area contributed by atoms with Crippen LogP contribution in [0.3, 0.4) is 0 Å². The standard InChI is InChI=1S/C5H13P.B/c1-5(2,3)6-4;/h6H,1-4H3;. The molecule has 0 aliphatic carbocycles. The van der Waals surface area contributed by atoms with Crippen molar-refractivity contribution in [1.29, 1.82) is 0 Å². The molecule has 0 amide bonds. The second kappa shape index (κ2) is 3.49. The summed E-state index contributed by atoms with van der Waals surface area (Å²) in [6.07, 6.45) is 0. The van der Waals surface area contributed by atoms with Gasteiger partial charge in [-0.15, -0.1) is 8.58 Å². The second-order valence-corrected chi connectivity index (χ2v) is 4.50. The van der Waals surface area contributed by atoms with Gasteiger partial charge in [-0.1, -0.05) is 20.8 Å². The molecule has 1 unspecified atom stereocenters. The summed E-state index contributed by atoms with van der Waals surface area (Å²) in [5.41, 5.74) is 0. The lowest BCUT2D eigenvalue weighted by molar-refractivity contribution is 0.797. The van der Waals surface area contributed by atoms with Gasteiger partial charge < -0.3 is 0 Å². The van der Waals surface area contributed by atoms with Gasteiger partial charge in [-0.25, -0.2) is 0 Å². The van der Waals surface area contributed by atoms with Crippen LogP contribution in [0.1, 0.15) is 20.8 Å². The van der Waals surface area contributed by atoms with Crippen molar-refractivity contribution in [3.05, 3.63) is 0 Å². The van der Waals surface area contributed by atoms with Crippen molar-refractivity contribution in [2.75, 3.05) is 6.66 Å². The van der Waals surface area contributed by atoms with Gasteiger partial charge in [0.15, 0.2) is 0 Å². The van der Waals surface area contributed by atoms with Gasteiger partial charge in [0.25, 0.3) is 0 Å². The molecule has 0 fully saturated rings. The van der Waals surface area contributed by atoms with Gasteiger partial charge in [0.2, 0.25) is 0 Å². The van der Waals surface area contributed by atoms with Crippen LogP contribution in [0.5, 0.6) is 0 Å². The van der Waals surface area contributed by atoms with E-state index in [9.17, 15) is 0 Å². The molecule has 0 aromatic carbocycles. The van der Waals surface area contributed by atoms with Crippen molar-refractivity contribution < 1.29 is 0 Å². The molecule has 0 aliphatic rings. The lowest BCUT2D eigenvalue weighted by atomic mass is 10.3. The van der Waals surface area contributed by atoms with Crippen LogP contribution in [-0.4, -0.2) is 20.2 Å². The summed E-state index contributed by atoms with van der Waals surface area (Å²) in [6, 6.07) is 0. The van der Waals surface area contributed by atoms with Crippen LogP contribution in [-0.2, 0) is 0 Å². The maximum absolute atomic E-state index is 2.26. The number of rotatable bonds is 0. The minimum absolute atomic E-state index is 0. The van der Waals surface area contributed by atoms with Crippen molar-refractivity contribution in [1.82, 2.24) is 0 Å². The molecule has 2 heteroatoms. The number of hydrogen-bond donors (Lipinski definition) is 0. The molecule has 0 aliphatic heterocycles. The lowest BCUT2D eigenvalue weighted by Gasteiger charge is -2.12. The van der Waals surface area contributed by atoms with Gasteiger partial charge in [0.1, 0.15) is 0 Å². The zero-order valence-corrected chi connectivity index (χ0v) is 6.58. The third kappa shape index (κ3) is 10.7. The Morgan fingerprint density at radius 3 is 1.29 bits per heavy atom. The molecule has 0 nitrogen and oxygen atoms in total. The molecule has 0 aromatic rings. The van der Waals surface area contributed by atoms with E-state index < -0.39 is 0 Å². The fourth-order valence-electron chi connectivity index (χ4n) is 0. The highest BCUT2D eigenvalue weighted by atomic mass is 31.1. The Morgan fingerprint density at radius 2 is 1.29 bits per heavy atom. The summed E-state index contributed by atoms with van der Waals surface area (Å²) in [5.74, 6) is 0. The molecule has 7 heavy (non-hydrogen) atoms. The zero-order chi connectivity index (χ0) is 5.21. The molecule has 1 atom stereocenters. The van der Waals surface area contributed by atoms with E-state index >= 15 is 0 Å². The average molecular weight is 115 g/mol. The highest BCUT2D eigenvalue weighted by Crippen LogP contribution is 2.25. The molecule has 0 spiro atoms. The third-order valence-electron chi connectivity index (χ3n) is 0.750. The summed E-state index contributed by atoms with van der Waals surface area (Å²) in [4.78, 5) is 0. The van der Waals surface area contributed by atoms with E-state index in [1.807, 2.05) is 0 Å². The topological polar surface area (TPSA) is 0 Å². The summed E-state index contributed by atoms with van der Waals surface area (Å²) < 4.78 is 0. The van der Waals surface area contributed by atoms with Gasteiger partial charge in [0.05, 0.1) is 0 Å². The molecule has 41 valence electrons. The number of hydrogen-bond acceptors (Lipinski definition) is 0. The van der Waals surface area contributed by atoms with Crippen LogP contribution in [0.2, 0.25) is 0 Å². The Kier molecular flexibility index (Phi) is 5.22. The zero-order valence-electron chi connectivity index (χ0n) is 5.58. The second-order valence-electron chi connectivity index (χ2n) is 2.50. The smallest absolute Gasteiger partial charge is 0 e. The molecule has 0 saturated carbocycles. The molecule has 0 rings (SSSR count). The van der Waals surface area contributed by atoms with E-state index in [1.54, 1.807) is 0 Å². The van der Waals surface area contributed by atoms with E-state index in [-0.39, 0.29) is 8.41 Å². The lowest BCUT2D eigenvalue weighted by Crippen LogP contribution is -2.02. The van der Waals surface area contributed by atoms with E-state index in [1.165, 1.54) is 0 Å². The minimum atomic E-state index is 0. The quantitative estimate of drug-likeness (QED) is 0.333. The Morgan fingerprint density at radius 1 is 1.14 bits per heavy atom. The Bertz CT molecular complexity index is 37.8. The van der Waals surface area contributed by atoms with E-state index in [2.05, 4.69) is 27.4 Å². The molecule has 3 radical (unpaired) electrons. The summed E-state index contributed by atoms with van der Waals surface area (Å²) in [7, 11) is 1.07. The maximum atomic E-state index is 2.26. The van der Waals surface area contributed by atoms with Crippen LogP contribution in [0.15, 0.2) is 0 Å². The first kappa shape index (κ1) is 10.5. The molecular weight excluding hydrogens is 102 g/mol. The van der Waals surface area contributed by atoms with Crippen molar-refractivity contribution in [3.63, 3.8) is 0 Å². The third-order valence-corrected chi connectivity index (χ3v) is 2.25. The monoisotopic (exact) mass is 115 g/mol. The highest BCUT2D eigenvalue weighted by molar-refractivity contribution is 7.38. The van der Waals surface area contributed by atoms with Crippen molar-refractivity contribution in [2.45, 2.75) is 25.9 Å². The normalized spacial score (nSPS) is 12.0. The van der Waals surface area contributed by atoms with Crippen molar-refractivity contribution >= 4 is 17.0 Å². The molecule has 0 aromatic heterocycles. The Hall–Kier alpha value is 0.495. The first-order valence-corrected chi connectivity index (χ1v) is 3.75. The van der Waals surface area contributed by atoms with Crippen LogP contribution in [0.25, 0.3) is 0 Å². The SMILES string of the molecule is CPC(C)(C)C.[B]. The molecule has 0 bridgehead atoms. The van der Waals surface area contributed by atoms with Crippen molar-refractivity contribution in [2.24, 2.45) is 0 Å². The fraction of sp³-hybridized carbons (Fsp3) is 1.00. The first-order chi connectivity index (χ1) is 2.56. The Balaban J connectivity index is 0. The van der Waals surface area contributed by atoms with E-state index in [0.29, 0.717) is 5.16 Å². The Labute approximate surface area is 50.4 Å². The van der Waals surface area contributed by atoms with Gasteiger partial charge in [-0.2, -0.15) is 0 Å². The molecule has 0 heterocycles. The van der Waals surface area contributed by atoms with Crippen LogP contribution >= 0.6 is 8.58 Å². The average Bonchev–Trinajstić information content (AvgIpc) is 1.35. The fourth-order valence-corrected chi connectivity index (χ4v) is 0. The summed E-state index contributed by atoms with van der Waals surface area (Å²) in [6.45, 7) is 9.00. The minimum Gasteiger partial charge on any atom is -0.120 e. The largest absolute Gasteiger partial charge is 0.120 e. The van der Waals surface area contributed by atoms with Crippen LogP contribution in [0.4, 0.5) is 0 Å². The maximum Gasteiger partial charge on any atom is 0 e.